The van der Waals surface area contributed by atoms with Crippen molar-refractivity contribution in [3.05, 3.63) is 59.6 Å². The first kappa shape index (κ1) is 11.4. The summed E-state index contributed by atoms with van der Waals surface area (Å²) in [6, 6.07) is 17.0. The van der Waals surface area contributed by atoms with Gasteiger partial charge in [-0.1, -0.05) is 54.1 Å². The molecule has 0 aliphatic rings. The molecule has 3 rings (SSSR count). The molecule has 0 bridgehead atoms. The van der Waals surface area contributed by atoms with Crippen molar-refractivity contribution in [2.24, 2.45) is 0 Å². The molecule has 90 valence electrons. The highest BCUT2D eigenvalue weighted by Crippen LogP contribution is 2.28. The summed E-state index contributed by atoms with van der Waals surface area (Å²) >= 11 is 5.94. The first-order valence-electron chi connectivity index (χ1n) is 6.05. The number of allylic oxidation sites excluding steroid dienone is 2. The highest BCUT2D eigenvalue weighted by Gasteiger charge is 2.07. The number of hydrogen-bond acceptors (Lipinski definition) is 0. The lowest BCUT2D eigenvalue weighted by atomic mass is 10.2. The molecule has 1 aromatic heterocycles. The van der Waals surface area contributed by atoms with Crippen molar-refractivity contribution in [1.29, 1.82) is 0 Å². The normalized spacial score (nSPS) is 12.4. The molecule has 2 aromatic carbocycles. The molecule has 18 heavy (non-hydrogen) atoms. The minimum Gasteiger partial charge on any atom is -0.337 e. The van der Waals surface area contributed by atoms with Gasteiger partial charge in [0.15, 0.2) is 0 Å². The lowest BCUT2D eigenvalue weighted by molar-refractivity contribution is 0.896. The van der Waals surface area contributed by atoms with Crippen molar-refractivity contribution in [1.82, 2.24) is 4.57 Å². The summed E-state index contributed by atoms with van der Waals surface area (Å²) in [5.74, 6) is 0. The highest BCUT2D eigenvalue weighted by molar-refractivity contribution is 6.29. The van der Waals surface area contributed by atoms with Crippen molar-refractivity contribution in [2.75, 3.05) is 0 Å². The lowest BCUT2D eigenvalue weighted by Crippen LogP contribution is -1.94. The molecule has 0 aliphatic carbocycles. The summed E-state index contributed by atoms with van der Waals surface area (Å²) in [6.07, 6.45) is 2.04. The van der Waals surface area contributed by atoms with Crippen LogP contribution in [0.15, 0.2) is 59.6 Å². The van der Waals surface area contributed by atoms with Crippen molar-refractivity contribution in [3.63, 3.8) is 0 Å². The van der Waals surface area contributed by atoms with E-state index in [1.807, 2.05) is 13.0 Å². The van der Waals surface area contributed by atoms with Crippen LogP contribution in [0.4, 0.5) is 0 Å². The Morgan fingerprint density at radius 2 is 1.50 bits per heavy atom. The summed E-state index contributed by atoms with van der Waals surface area (Å²) in [6.45, 7) is 2.72. The number of fused-ring (bicyclic) bond motifs is 3. The van der Waals surface area contributed by atoms with Gasteiger partial charge in [-0.05, 0) is 19.1 Å². The number of nitrogens with zero attached hydrogens (tertiary/aromatic N) is 1. The van der Waals surface area contributed by atoms with Gasteiger partial charge in [0.2, 0.25) is 0 Å². The molecule has 2 heteroatoms. The van der Waals surface area contributed by atoms with Crippen LogP contribution in [0.25, 0.3) is 21.8 Å². The smallest absolute Gasteiger partial charge is 0.0494 e. The van der Waals surface area contributed by atoms with Crippen molar-refractivity contribution < 1.29 is 0 Å². The Balaban J connectivity index is 2.34. The van der Waals surface area contributed by atoms with Gasteiger partial charge in [-0.2, -0.15) is 0 Å². The Morgan fingerprint density at radius 3 is 2.00 bits per heavy atom. The number of rotatable bonds is 2. The van der Waals surface area contributed by atoms with Gasteiger partial charge in [0, 0.05) is 33.4 Å². The van der Waals surface area contributed by atoms with Crippen molar-refractivity contribution in [3.8, 4) is 0 Å². The molecule has 0 saturated carbocycles. The average Bonchev–Trinajstić information content (AvgIpc) is 2.71. The maximum Gasteiger partial charge on any atom is 0.0494 e. The topological polar surface area (TPSA) is 4.93 Å². The van der Waals surface area contributed by atoms with Gasteiger partial charge in [0.25, 0.3) is 0 Å². The molecule has 0 spiro atoms. The first-order valence-corrected chi connectivity index (χ1v) is 6.43. The third-order valence-electron chi connectivity index (χ3n) is 3.23. The monoisotopic (exact) mass is 255 g/mol. The number of halogens is 1. The second kappa shape index (κ2) is 4.51. The Morgan fingerprint density at radius 1 is 1.00 bits per heavy atom. The molecule has 3 aromatic rings. The summed E-state index contributed by atoms with van der Waals surface area (Å²) in [7, 11) is 0. The third kappa shape index (κ3) is 1.81. The minimum atomic E-state index is 0.809. The van der Waals surface area contributed by atoms with E-state index in [1.165, 1.54) is 21.8 Å². The predicted octanol–water partition coefficient (Wildman–Crippen LogP) is 4.94. The van der Waals surface area contributed by atoms with Gasteiger partial charge in [-0.15, -0.1) is 0 Å². The van der Waals surface area contributed by atoms with E-state index in [1.54, 1.807) is 0 Å². The quantitative estimate of drug-likeness (QED) is 0.611. The fraction of sp³-hybridized carbons (Fsp3) is 0.125. The zero-order chi connectivity index (χ0) is 12.5. The largest absolute Gasteiger partial charge is 0.337 e. The van der Waals surface area contributed by atoms with Gasteiger partial charge in [-0.25, -0.2) is 0 Å². The Hall–Kier alpha value is -1.73. The maximum atomic E-state index is 5.94. The highest BCUT2D eigenvalue weighted by atomic mass is 35.5. The van der Waals surface area contributed by atoms with Crippen LogP contribution in [0.3, 0.4) is 0 Å². The second-order valence-electron chi connectivity index (χ2n) is 4.44. The Bertz CT molecular complexity index is 680. The SMILES string of the molecule is C/C(Cl)=C\Cn1c2ccccc2c2ccccc21. The van der Waals surface area contributed by atoms with Gasteiger partial charge in [-0.3, -0.25) is 0 Å². The van der Waals surface area contributed by atoms with Gasteiger partial charge in [0.1, 0.15) is 0 Å². The molecule has 0 unspecified atom stereocenters. The number of aromatic nitrogens is 1. The summed E-state index contributed by atoms with van der Waals surface area (Å²) < 4.78 is 2.30. The number of benzene rings is 2. The zero-order valence-electron chi connectivity index (χ0n) is 10.2. The van der Waals surface area contributed by atoms with E-state index in [9.17, 15) is 0 Å². The average molecular weight is 256 g/mol. The molecule has 0 N–H and O–H groups in total. The van der Waals surface area contributed by atoms with Crippen LogP contribution < -0.4 is 0 Å². The third-order valence-corrected chi connectivity index (χ3v) is 3.39. The summed E-state index contributed by atoms with van der Waals surface area (Å²) in [5, 5.41) is 3.43. The molecule has 0 aliphatic heterocycles. The molecule has 0 saturated heterocycles. The van der Waals surface area contributed by atoms with Crippen LogP contribution in [-0.2, 0) is 6.54 Å². The van der Waals surface area contributed by atoms with E-state index < -0.39 is 0 Å². The molecule has 1 heterocycles. The Labute approximate surface area is 111 Å². The molecular weight excluding hydrogens is 242 g/mol. The van der Waals surface area contributed by atoms with E-state index in [0.29, 0.717) is 0 Å². The fourth-order valence-corrected chi connectivity index (χ4v) is 2.49. The van der Waals surface area contributed by atoms with Gasteiger partial charge >= 0.3 is 0 Å². The number of hydrogen-bond donors (Lipinski definition) is 0. The maximum absolute atomic E-state index is 5.94. The molecular formula is C16H14ClN. The van der Waals surface area contributed by atoms with Gasteiger partial charge in [0.05, 0.1) is 0 Å². The van der Waals surface area contributed by atoms with Gasteiger partial charge < -0.3 is 4.57 Å². The van der Waals surface area contributed by atoms with E-state index in [2.05, 4.69) is 53.1 Å². The minimum absolute atomic E-state index is 0.809. The first-order chi connectivity index (χ1) is 8.77. The van der Waals surface area contributed by atoms with Crippen molar-refractivity contribution >= 4 is 33.4 Å². The van der Waals surface area contributed by atoms with E-state index >= 15 is 0 Å². The summed E-state index contributed by atoms with van der Waals surface area (Å²) in [5.41, 5.74) is 2.51. The molecule has 0 radical (unpaired) electrons. The van der Waals surface area contributed by atoms with Crippen LogP contribution >= 0.6 is 11.6 Å². The second-order valence-corrected chi connectivity index (χ2v) is 5.03. The zero-order valence-corrected chi connectivity index (χ0v) is 11.0. The van der Waals surface area contributed by atoms with Crippen LogP contribution in [0.5, 0.6) is 0 Å². The van der Waals surface area contributed by atoms with E-state index in [-0.39, 0.29) is 0 Å². The fourth-order valence-electron chi connectivity index (χ4n) is 2.42. The molecule has 0 atom stereocenters. The Kier molecular flexibility index (Phi) is 2.85. The predicted molar refractivity (Wildman–Crippen MR) is 79.1 cm³/mol. The molecule has 0 amide bonds. The van der Waals surface area contributed by atoms with Crippen LogP contribution in [-0.4, -0.2) is 4.57 Å². The van der Waals surface area contributed by atoms with Crippen molar-refractivity contribution in [2.45, 2.75) is 13.5 Å². The standard InChI is InChI=1S/C16H14ClN/c1-12(17)10-11-18-15-8-4-2-6-13(15)14-7-3-5-9-16(14)18/h2-10H,11H2,1H3/b12-10+. The van der Waals surface area contributed by atoms with Crippen LogP contribution in [0.2, 0.25) is 0 Å². The number of para-hydroxylation sites is 2. The molecule has 0 fully saturated rings. The molecule has 1 nitrogen and oxygen atoms in total. The van der Waals surface area contributed by atoms with E-state index in [0.717, 1.165) is 11.6 Å². The summed E-state index contributed by atoms with van der Waals surface area (Å²) in [4.78, 5) is 0. The van der Waals surface area contributed by atoms with Crippen LogP contribution in [0.1, 0.15) is 6.92 Å². The van der Waals surface area contributed by atoms with E-state index in [4.69, 9.17) is 11.6 Å². The lowest BCUT2D eigenvalue weighted by Gasteiger charge is -2.03. The van der Waals surface area contributed by atoms with Crippen LogP contribution in [0, 0.1) is 0 Å².